The molecule has 0 aliphatic heterocycles. The molecule has 0 amide bonds. The highest BCUT2D eigenvalue weighted by atomic mass is 79.9. The smallest absolute Gasteiger partial charge is 0.266 e. The number of sulfonamides is 1. The molecule has 0 fully saturated rings. The molecule has 0 radical (unpaired) electrons. The van der Waals surface area contributed by atoms with Gasteiger partial charge < -0.3 is 5.11 Å². The van der Waals surface area contributed by atoms with Crippen LogP contribution in [0.1, 0.15) is 17.0 Å². The Bertz CT molecular complexity index is 742. The molecule has 2 heterocycles. The minimum absolute atomic E-state index is 0.0534. The second kappa shape index (κ2) is 5.51. The molecule has 3 N–H and O–H groups in total. The van der Waals surface area contributed by atoms with Crippen molar-refractivity contribution >= 4 is 31.8 Å². The van der Waals surface area contributed by atoms with E-state index in [1.54, 1.807) is 13.0 Å². The van der Waals surface area contributed by atoms with Crippen LogP contribution in [0.4, 0.5) is 5.82 Å². The topological polar surface area (TPSA) is 108 Å². The van der Waals surface area contributed by atoms with Gasteiger partial charge in [-0.1, -0.05) is 0 Å². The molecule has 9 heteroatoms. The maximum atomic E-state index is 12.3. The molecule has 0 atom stereocenters. The summed E-state index contributed by atoms with van der Waals surface area (Å²) in [7, 11) is -3.85. The Hall–Kier alpha value is -1.45. The van der Waals surface area contributed by atoms with E-state index in [4.69, 9.17) is 5.11 Å². The van der Waals surface area contributed by atoms with Crippen molar-refractivity contribution < 1.29 is 13.5 Å². The number of rotatable bonds is 4. The maximum absolute atomic E-state index is 12.3. The number of nitrogens with one attached hydrogen (secondary N) is 2. The van der Waals surface area contributed by atoms with E-state index in [1.165, 1.54) is 6.20 Å². The predicted molar refractivity (Wildman–Crippen MR) is 76.7 cm³/mol. The van der Waals surface area contributed by atoms with E-state index >= 15 is 0 Å². The number of aryl methyl sites for hydroxylation is 2. The molecule has 0 spiro atoms. The number of hydrogen-bond donors (Lipinski definition) is 3. The zero-order chi connectivity index (χ0) is 14.9. The quantitative estimate of drug-likeness (QED) is 0.765. The van der Waals surface area contributed by atoms with E-state index in [0.29, 0.717) is 5.69 Å². The first-order valence-corrected chi connectivity index (χ1v) is 7.92. The van der Waals surface area contributed by atoms with Gasteiger partial charge in [0.05, 0.1) is 12.3 Å². The van der Waals surface area contributed by atoms with Crippen LogP contribution < -0.4 is 4.72 Å². The summed E-state index contributed by atoms with van der Waals surface area (Å²) < 4.78 is 27.8. The molecule has 0 aliphatic carbocycles. The van der Waals surface area contributed by atoms with E-state index in [9.17, 15) is 8.42 Å². The third kappa shape index (κ3) is 2.84. The number of H-pyrrole nitrogens is 1. The zero-order valence-electron chi connectivity index (χ0n) is 10.8. The van der Waals surface area contributed by atoms with Crippen LogP contribution in [-0.4, -0.2) is 28.7 Å². The summed E-state index contributed by atoms with van der Waals surface area (Å²) in [5.41, 5.74) is 1.28. The molecule has 0 saturated carbocycles. The molecule has 2 rings (SSSR count). The fourth-order valence-electron chi connectivity index (χ4n) is 1.72. The third-order valence-electron chi connectivity index (χ3n) is 2.67. The van der Waals surface area contributed by atoms with E-state index in [-0.39, 0.29) is 16.4 Å². The van der Waals surface area contributed by atoms with Crippen LogP contribution in [0.2, 0.25) is 0 Å². The molecular weight excluding hydrogens is 348 g/mol. The van der Waals surface area contributed by atoms with Gasteiger partial charge in [0, 0.05) is 10.7 Å². The fourth-order valence-corrected chi connectivity index (χ4v) is 3.29. The summed E-state index contributed by atoms with van der Waals surface area (Å²) in [6.07, 6.45) is 1.52. The Kier molecular flexibility index (Phi) is 4.11. The van der Waals surface area contributed by atoms with Gasteiger partial charge in [-0.2, -0.15) is 5.10 Å². The molecule has 0 saturated heterocycles. The number of nitrogens with zero attached hydrogens (tertiary/aromatic N) is 2. The second-order valence-electron chi connectivity index (χ2n) is 4.21. The molecule has 20 heavy (non-hydrogen) atoms. The summed E-state index contributed by atoms with van der Waals surface area (Å²) in [6, 6.07) is 1.61. The first-order valence-electron chi connectivity index (χ1n) is 5.65. The van der Waals surface area contributed by atoms with E-state index in [1.807, 2.05) is 6.92 Å². The first kappa shape index (κ1) is 14.9. The third-order valence-corrected chi connectivity index (χ3v) is 5.05. The minimum Gasteiger partial charge on any atom is -0.390 e. The summed E-state index contributed by atoms with van der Waals surface area (Å²) in [4.78, 5) is 3.94. The summed E-state index contributed by atoms with van der Waals surface area (Å²) in [6.45, 7) is 2.93. The van der Waals surface area contributed by atoms with Crippen molar-refractivity contribution in [1.29, 1.82) is 0 Å². The van der Waals surface area contributed by atoms with Crippen LogP contribution in [0.3, 0.4) is 0 Å². The molecule has 0 aromatic carbocycles. The van der Waals surface area contributed by atoms with Crippen LogP contribution in [0, 0.1) is 13.8 Å². The average Bonchev–Trinajstić information content (AvgIpc) is 2.75. The lowest BCUT2D eigenvalue weighted by atomic mass is 10.3. The van der Waals surface area contributed by atoms with E-state index in [0.717, 1.165) is 10.0 Å². The van der Waals surface area contributed by atoms with Gasteiger partial charge >= 0.3 is 0 Å². The summed E-state index contributed by atoms with van der Waals surface area (Å²) in [5.74, 6) is 0.204. The largest absolute Gasteiger partial charge is 0.390 e. The van der Waals surface area contributed by atoms with Gasteiger partial charge in [0.15, 0.2) is 0 Å². The maximum Gasteiger partial charge on any atom is 0.266 e. The van der Waals surface area contributed by atoms with E-state index < -0.39 is 16.6 Å². The Balaban J connectivity index is 2.40. The van der Waals surface area contributed by atoms with Crippen LogP contribution in [0.15, 0.2) is 21.6 Å². The first-order chi connectivity index (χ1) is 9.35. The molecule has 0 unspecified atom stereocenters. The highest BCUT2D eigenvalue weighted by molar-refractivity contribution is 9.10. The number of aliphatic hydroxyl groups excluding tert-OH is 1. The second-order valence-corrected chi connectivity index (χ2v) is 6.68. The van der Waals surface area contributed by atoms with Gasteiger partial charge in [0.1, 0.15) is 16.4 Å². The Morgan fingerprint density at radius 2 is 2.15 bits per heavy atom. The zero-order valence-corrected chi connectivity index (χ0v) is 13.2. The van der Waals surface area contributed by atoms with Crippen molar-refractivity contribution in [3.63, 3.8) is 0 Å². The number of anilines is 1. The summed E-state index contributed by atoms with van der Waals surface area (Å²) in [5, 5.41) is 15.4. The Labute approximate surface area is 124 Å². The fraction of sp³-hybridized carbons (Fsp3) is 0.273. The van der Waals surface area contributed by atoms with Gasteiger partial charge in [0.2, 0.25) is 0 Å². The van der Waals surface area contributed by atoms with Gasteiger partial charge in [-0.3, -0.25) is 9.82 Å². The van der Waals surface area contributed by atoms with Crippen molar-refractivity contribution in [3.8, 4) is 0 Å². The number of aliphatic hydroxyl groups is 1. The number of halogens is 1. The van der Waals surface area contributed by atoms with Crippen molar-refractivity contribution in [2.75, 3.05) is 4.72 Å². The highest BCUT2D eigenvalue weighted by Gasteiger charge is 2.24. The standard InChI is InChI=1S/C11H13BrN4O3S/c1-6-3-10(13-4-8(6)12)16-20(18,19)11-7(2)14-15-9(11)5-17/h3-4,17H,5H2,1-2H3,(H,13,16)(H,14,15). The van der Waals surface area contributed by atoms with Crippen LogP contribution in [0.5, 0.6) is 0 Å². The lowest BCUT2D eigenvalue weighted by Gasteiger charge is -2.09. The monoisotopic (exact) mass is 360 g/mol. The molecule has 0 bridgehead atoms. The van der Waals surface area contributed by atoms with Crippen LogP contribution in [-0.2, 0) is 16.6 Å². The molecule has 2 aromatic rings. The van der Waals surface area contributed by atoms with Crippen LogP contribution in [0.25, 0.3) is 0 Å². The van der Waals surface area contributed by atoms with Crippen molar-refractivity contribution in [2.24, 2.45) is 0 Å². The Morgan fingerprint density at radius 1 is 1.45 bits per heavy atom. The number of pyridine rings is 1. The molecule has 2 aromatic heterocycles. The van der Waals surface area contributed by atoms with Crippen LogP contribution >= 0.6 is 15.9 Å². The van der Waals surface area contributed by atoms with Gasteiger partial charge in [-0.25, -0.2) is 13.4 Å². The van der Waals surface area contributed by atoms with Crippen molar-refractivity contribution in [2.45, 2.75) is 25.3 Å². The molecule has 7 nitrogen and oxygen atoms in total. The minimum atomic E-state index is -3.85. The average molecular weight is 361 g/mol. The Morgan fingerprint density at radius 3 is 2.75 bits per heavy atom. The summed E-state index contributed by atoms with van der Waals surface area (Å²) >= 11 is 3.29. The lowest BCUT2D eigenvalue weighted by Crippen LogP contribution is -2.16. The normalized spacial score (nSPS) is 11.6. The van der Waals surface area contributed by atoms with Gasteiger partial charge in [-0.15, -0.1) is 0 Å². The SMILES string of the molecule is Cc1cc(NS(=O)(=O)c2c(CO)n[nH]c2C)ncc1Br. The lowest BCUT2D eigenvalue weighted by molar-refractivity contribution is 0.273. The number of aromatic amines is 1. The van der Waals surface area contributed by atoms with Crippen molar-refractivity contribution in [1.82, 2.24) is 15.2 Å². The van der Waals surface area contributed by atoms with Crippen molar-refractivity contribution in [3.05, 3.63) is 33.7 Å². The number of aromatic nitrogens is 3. The predicted octanol–water partition coefficient (Wildman–Crippen LogP) is 1.48. The molecule has 0 aliphatic rings. The van der Waals surface area contributed by atoms with Gasteiger partial charge in [0.25, 0.3) is 10.0 Å². The molecule has 108 valence electrons. The van der Waals surface area contributed by atoms with E-state index in [2.05, 4.69) is 35.8 Å². The van der Waals surface area contributed by atoms with Gasteiger partial charge in [-0.05, 0) is 41.4 Å². The highest BCUT2D eigenvalue weighted by Crippen LogP contribution is 2.22. The number of hydrogen-bond acceptors (Lipinski definition) is 5. The molecular formula is C11H13BrN4O3S.